The third-order valence-electron chi connectivity index (χ3n) is 2.03. The van der Waals surface area contributed by atoms with Gasteiger partial charge in [-0.3, -0.25) is 4.79 Å². The van der Waals surface area contributed by atoms with Crippen LogP contribution in [0.25, 0.3) is 0 Å². The molecule has 0 aliphatic carbocycles. The van der Waals surface area contributed by atoms with Gasteiger partial charge in [0.15, 0.2) is 0 Å². The molecule has 2 atom stereocenters. The van der Waals surface area contributed by atoms with E-state index in [4.69, 9.17) is 9.84 Å². The van der Waals surface area contributed by atoms with Gasteiger partial charge in [0.2, 0.25) is 0 Å². The van der Waals surface area contributed by atoms with Gasteiger partial charge in [-0.2, -0.15) is 0 Å². The minimum atomic E-state index is -0.985. The van der Waals surface area contributed by atoms with E-state index in [9.17, 15) is 9.59 Å². The average molecular weight is 215 g/mol. The Bertz CT molecular complexity index is 265. The Morgan fingerprint density at radius 2 is 2.33 bits per heavy atom. The van der Waals surface area contributed by atoms with Crippen molar-refractivity contribution in [2.24, 2.45) is 5.92 Å². The second-order valence-electron chi connectivity index (χ2n) is 3.12. The average Bonchev–Trinajstić information content (AvgIpc) is 2.62. The van der Waals surface area contributed by atoms with Crippen LogP contribution in [0.1, 0.15) is 0 Å². The summed E-state index contributed by atoms with van der Waals surface area (Å²) in [5.41, 5.74) is 0. The molecule has 0 aromatic rings. The van der Waals surface area contributed by atoms with E-state index < -0.39 is 24.0 Å². The summed E-state index contributed by atoms with van der Waals surface area (Å²) in [7, 11) is 0. The van der Waals surface area contributed by atoms with E-state index in [2.05, 4.69) is 16.6 Å². The first-order chi connectivity index (χ1) is 7.15. The number of amides is 1. The summed E-state index contributed by atoms with van der Waals surface area (Å²) in [6.07, 6.45) is 0.774. The normalized spacial score (nSPS) is 24.5. The Morgan fingerprint density at radius 3 is 2.93 bits per heavy atom. The molecule has 1 aliphatic heterocycles. The number of hydrogen-bond donors (Lipinski definition) is 2. The molecule has 6 heteroatoms. The van der Waals surface area contributed by atoms with Crippen LogP contribution in [0.2, 0.25) is 0 Å². The van der Waals surface area contributed by atoms with Gasteiger partial charge in [0.25, 0.3) is 0 Å². The lowest BCUT2D eigenvalue weighted by molar-refractivity contribution is -0.142. The minimum Gasteiger partial charge on any atom is -0.481 e. The molecular formula is C9H13NO5. The zero-order valence-electron chi connectivity index (χ0n) is 8.14. The van der Waals surface area contributed by atoms with E-state index in [0.29, 0.717) is 0 Å². The SMILES string of the molecule is C=CCOC(=O)NC1COCC1C(=O)O. The fraction of sp³-hybridized carbons (Fsp3) is 0.556. The number of rotatable bonds is 4. The van der Waals surface area contributed by atoms with Crippen LogP contribution in [-0.4, -0.2) is 43.0 Å². The molecule has 0 radical (unpaired) electrons. The molecule has 0 saturated carbocycles. The van der Waals surface area contributed by atoms with E-state index in [1.165, 1.54) is 6.08 Å². The van der Waals surface area contributed by atoms with Crippen LogP contribution < -0.4 is 5.32 Å². The third-order valence-corrected chi connectivity index (χ3v) is 2.03. The fourth-order valence-electron chi connectivity index (χ4n) is 1.27. The monoisotopic (exact) mass is 215 g/mol. The molecule has 2 N–H and O–H groups in total. The van der Waals surface area contributed by atoms with Crippen LogP contribution in [-0.2, 0) is 14.3 Å². The second kappa shape index (κ2) is 5.35. The fourth-order valence-corrected chi connectivity index (χ4v) is 1.27. The minimum absolute atomic E-state index is 0.0944. The number of carbonyl (C=O) groups is 2. The van der Waals surface area contributed by atoms with Gasteiger partial charge in [0, 0.05) is 0 Å². The van der Waals surface area contributed by atoms with Crippen LogP contribution >= 0.6 is 0 Å². The smallest absolute Gasteiger partial charge is 0.407 e. The summed E-state index contributed by atoms with van der Waals surface area (Å²) < 4.78 is 9.63. The summed E-state index contributed by atoms with van der Waals surface area (Å²) >= 11 is 0. The number of carbonyl (C=O) groups excluding carboxylic acids is 1. The largest absolute Gasteiger partial charge is 0.481 e. The van der Waals surface area contributed by atoms with Crippen molar-refractivity contribution < 1.29 is 24.2 Å². The van der Waals surface area contributed by atoms with Gasteiger partial charge in [0.1, 0.15) is 12.5 Å². The number of aliphatic carboxylic acids is 1. The highest BCUT2D eigenvalue weighted by molar-refractivity contribution is 5.74. The summed E-state index contributed by atoms with van der Waals surface area (Å²) in [6.45, 7) is 3.79. The van der Waals surface area contributed by atoms with Crippen molar-refractivity contribution in [1.82, 2.24) is 5.32 Å². The number of carboxylic acids is 1. The molecule has 15 heavy (non-hydrogen) atoms. The quantitative estimate of drug-likeness (QED) is 0.645. The summed E-state index contributed by atoms with van der Waals surface area (Å²) in [4.78, 5) is 21.8. The van der Waals surface area contributed by atoms with Crippen molar-refractivity contribution in [2.45, 2.75) is 6.04 Å². The maximum absolute atomic E-state index is 11.1. The summed E-state index contributed by atoms with van der Waals surface area (Å²) in [6, 6.07) is -0.528. The molecule has 1 rings (SSSR count). The maximum Gasteiger partial charge on any atom is 0.407 e. The Hall–Kier alpha value is -1.56. The van der Waals surface area contributed by atoms with Crippen molar-refractivity contribution in [2.75, 3.05) is 19.8 Å². The highest BCUT2D eigenvalue weighted by Gasteiger charge is 2.35. The van der Waals surface area contributed by atoms with Crippen molar-refractivity contribution >= 4 is 12.1 Å². The lowest BCUT2D eigenvalue weighted by Gasteiger charge is -2.14. The van der Waals surface area contributed by atoms with Crippen molar-refractivity contribution in [1.29, 1.82) is 0 Å². The molecule has 0 aromatic carbocycles. The molecule has 0 bridgehead atoms. The highest BCUT2D eigenvalue weighted by Crippen LogP contribution is 2.13. The summed E-state index contributed by atoms with van der Waals surface area (Å²) in [5, 5.41) is 11.2. The van der Waals surface area contributed by atoms with Gasteiger partial charge in [-0.1, -0.05) is 12.7 Å². The van der Waals surface area contributed by atoms with Crippen LogP contribution in [0.3, 0.4) is 0 Å². The molecule has 2 unspecified atom stereocenters. The Balaban J connectivity index is 2.39. The Kier molecular flexibility index (Phi) is 4.11. The van der Waals surface area contributed by atoms with Gasteiger partial charge >= 0.3 is 12.1 Å². The molecule has 6 nitrogen and oxygen atoms in total. The van der Waals surface area contributed by atoms with Crippen molar-refractivity contribution in [3.8, 4) is 0 Å². The van der Waals surface area contributed by atoms with E-state index in [1.807, 2.05) is 0 Å². The van der Waals surface area contributed by atoms with Gasteiger partial charge in [0.05, 0.1) is 19.3 Å². The number of ether oxygens (including phenoxy) is 2. The number of carboxylic acid groups (broad SMARTS) is 1. The number of nitrogens with one attached hydrogen (secondary N) is 1. The van der Waals surface area contributed by atoms with E-state index in [-0.39, 0.29) is 19.8 Å². The van der Waals surface area contributed by atoms with Gasteiger partial charge in [-0.05, 0) is 0 Å². The number of hydrogen-bond acceptors (Lipinski definition) is 4. The first-order valence-electron chi connectivity index (χ1n) is 4.50. The van der Waals surface area contributed by atoms with Gasteiger partial charge in [-0.25, -0.2) is 4.79 Å². The molecule has 1 saturated heterocycles. The standard InChI is InChI=1S/C9H13NO5/c1-2-3-15-9(13)10-7-5-14-4-6(7)8(11)12/h2,6-7H,1,3-5H2,(H,10,13)(H,11,12). The predicted molar refractivity (Wildman–Crippen MR) is 50.4 cm³/mol. The molecule has 0 aromatic heterocycles. The van der Waals surface area contributed by atoms with Gasteiger partial charge < -0.3 is 19.9 Å². The lowest BCUT2D eigenvalue weighted by Crippen LogP contribution is -2.42. The Morgan fingerprint density at radius 1 is 1.60 bits per heavy atom. The third kappa shape index (κ3) is 3.25. The zero-order chi connectivity index (χ0) is 11.3. The zero-order valence-corrected chi connectivity index (χ0v) is 8.14. The first kappa shape index (κ1) is 11.5. The van der Waals surface area contributed by atoms with E-state index in [0.717, 1.165) is 0 Å². The molecule has 1 fully saturated rings. The summed E-state index contributed by atoms with van der Waals surface area (Å²) in [5.74, 6) is -1.69. The molecule has 1 aliphatic rings. The van der Waals surface area contributed by atoms with Crippen LogP contribution in [0.5, 0.6) is 0 Å². The molecule has 84 valence electrons. The van der Waals surface area contributed by atoms with Crippen LogP contribution in [0, 0.1) is 5.92 Å². The van der Waals surface area contributed by atoms with Crippen molar-refractivity contribution in [3.05, 3.63) is 12.7 Å². The van der Waals surface area contributed by atoms with Crippen LogP contribution in [0.4, 0.5) is 4.79 Å². The van der Waals surface area contributed by atoms with E-state index in [1.54, 1.807) is 0 Å². The lowest BCUT2D eigenvalue weighted by atomic mass is 10.1. The topological polar surface area (TPSA) is 84.9 Å². The molecule has 0 spiro atoms. The van der Waals surface area contributed by atoms with Crippen LogP contribution in [0.15, 0.2) is 12.7 Å². The van der Waals surface area contributed by atoms with Gasteiger partial charge in [-0.15, -0.1) is 0 Å². The second-order valence-corrected chi connectivity index (χ2v) is 3.12. The molecule has 1 amide bonds. The Labute approximate surface area is 86.9 Å². The first-order valence-corrected chi connectivity index (χ1v) is 4.50. The van der Waals surface area contributed by atoms with Crippen molar-refractivity contribution in [3.63, 3.8) is 0 Å². The molecular weight excluding hydrogens is 202 g/mol. The predicted octanol–water partition coefficient (Wildman–Crippen LogP) is -0.00180. The highest BCUT2D eigenvalue weighted by atomic mass is 16.5. The number of alkyl carbamates (subject to hydrolysis) is 1. The molecule has 1 heterocycles. The maximum atomic E-state index is 11.1. The van der Waals surface area contributed by atoms with E-state index >= 15 is 0 Å².